The van der Waals surface area contributed by atoms with Crippen LogP contribution in [-0.2, 0) is 11.3 Å². The zero-order valence-electron chi connectivity index (χ0n) is 13.0. The third kappa shape index (κ3) is 3.59. The summed E-state index contributed by atoms with van der Waals surface area (Å²) >= 11 is 0. The van der Waals surface area contributed by atoms with Gasteiger partial charge in [0.05, 0.1) is 0 Å². The van der Waals surface area contributed by atoms with Crippen molar-refractivity contribution in [2.45, 2.75) is 45.2 Å². The molecule has 1 saturated carbocycles. The largest absolute Gasteiger partial charge is 0.335 e. The summed E-state index contributed by atoms with van der Waals surface area (Å²) in [5.41, 5.74) is 1.97. The van der Waals surface area contributed by atoms with Crippen molar-refractivity contribution in [2.24, 2.45) is 5.92 Å². The van der Waals surface area contributed by atoms with Gasteiger partial charge in [0.15, 0.2) is 0 Å². The molecule has 22 heavy (non-hydrogen) atoms. The third-order valence-corrected chi connectivity index (χ3v) is 4.46. The molecule has 2 aliphatic rings. The highest BCUT2D eigenvalue weighted by molar-refractivity contribution is 5.95. The number of urea groups is 1. The SMILES string of the molecule is CC(NC(=O)NCc1ccc(N2CCCC2=O)cc1)C1CC1. The van der Waals surface area contributed by atoms with Gasteiger partial charge in [-0.05, 0) is 49.8 Å². The molecule has 1 aliphatic heterocycles. The molecule has 2 N–H and O–H groups in total. The van der Waals surface area contributed by atoms with Crippen molar-refractivity contribution < 1.29 is 9.59 Å². The summed E-state index contributed by atoms with van der Waals surface area (Å²) in [5, 5.41) is 5.85. The molecule has 0 radical (unpaired) electrons. The number of amides is 3. The number of benzene rings is 1. The highest BCUT2D eigenvalue weighted by Crippen LogP contribution is 2.32. The molecule has 1 aromatic carbocycles. The molecule has 2 fully saturated rings. The fourth-order valence-corrected chi connectivity index (χ4v) is 2.87. The minimum absolute atomic E-state index is 0.113. The maximum atomic E-state index is 11.8. The lowest BCUT2D eigenvalue weighted by atomic mass is 10.2. The number of carbonyl (C=O) groups excluding carboxylic acids is 2. The number of anilines is 1. The van der Waals surface area contributed by atoms with Crippen LogP contribution in [0.5, 0.6) is 0 Å². The lowest BCUT2D eigenvalue weighted by molar-refractivity contribution is -0.117. The minimum atomic E-state index is -0.113. The Bertz CT molecular complexity index is 552. The van der Waals surface area contributed by atoms with Crippen molar-refractivity contribution >= 4 is 17.6 Å². The van der Waals surface area contributed by atoms with Crippen molar-refractivity contribution in [1.29, 1.82) is 0 Å². The number of nitrogens with one attached hydrogen (secondary N) is 2. The summed E-state index contributed by atoms with van der Waals surface area (Å²) in [4.78, 5) is 25.3. The van der Waals surface area contributed by atoms with Gasteiger partial charge >= 0.3 is 6.03 Å². The highest BCUT2D eigenvalue weighted by Gasteiger charge is 2.28. The van der Waals surface area contributed by atoms with Gasteiger partial charge in [-0.2, -0.15) is 0 Å². The topological polar surface area (TPSA) is 61.4 Å². The average molecular weight is 301 g/mol. The Balaban J connectivity index is 1.48. The van der Waals surface area contributed by atoms with E-state index in [1.165, 1.54) is 12.8 Å². The van der Waals surface area contributed by atoms with Crippen LogP contribution in [0.3, 0.4) is 0 Å². The number of hydrogen-bond donors (Lipinski definition) is 2. The smallest absolute Gasteiger partial charge is 0.315 e. The fraction of sp³-hybridized carbons (Fsp3) is 0.529. The molecule has 118 valence electrons. The second-order valence-electron chi connectivity index (χ2n) is 6.27. The van der Waals surface area contributed by atoms with Crippen LogP contribution in [0, 0.1) is 5.92 Å². The highest BCUT2D eigenvalue weighted by atomic mass is 16.2. The van der Waals surface area contributed by atoms with E-state index in [-0.39, 0.29) is 18.0 Å². The molecule has 1 unspecified atom stereocenters. The van der Waals surface area contributed by atoms with E-state index in [1.54, 1.807) is 0 Å². The maximum Gasteiger partial charge on any atom is 0.315 e. The Morgan fingerprint density at radius 3 is 2.64 bits per heavy atom. The molecule has 0 bridgehead atoms. The zero-order valence-corrected chi connectivity index (χ0v) is 13.0. The first kappa shape index (κ1) is 14.9. The van der Waals surface area contributed by atoms with Gasteiger partial charge in [-0.25, -0.2) is 4.79 Å². The minimum Gasteiger partial charge on any atom is -0.335 e. The van der Waals surface area contributed by atoms with E-state index in [4.69, 9.17) is 0 Å². The molecule has 5 nitrogen and oxygen atoms in total. The normalized spacial score (nSPS) is 19.1. The molecular formula is C17H23N3O2. The van der Waals surface area contributed by atoms with Crippen LogP contribution < -0.4 is 15.5 Å². The van der Waals surface area contributed by atoms with Crippen molar-refractivity contribution in [3.05, 3.63) is 29.8 Å². The van der Waals surface area contributed by atoms with Crippen molar-refractivity contribution in [1.82, 2.24) is 10.6 Å². The van der Waals surface area contributed by atoms with Crippen molar-refractivity contribution in [2.75, 3.05) is 11.4 Å². The van der Waals surface area contributed by atoms with Gasteiger partial charge < -0.3 is 15.5 Å². The van der Waals surface area contributed by atoms with Crippen LogP contribution in [-0.4, -0.2) is 24.5 Å². The lowest BCUT2D eigenvalue weighted by Crippen LogP contribution is -2.41. The predicted octanol–water partition coefficient (Wildman–Crippen LogP) is 2.41. The molecule has 5 heteroatoms. The van der Waals surface area contributed by atoms with E-state index in [0.717, 1.165) is 24.2 Å². The van der Waals surface area contributed by atoms with E-state index in [0.29, 0.717) is 18.9 Å². The van der Waals surface area contributed by atoms with Crippen molar-refractivity contribution in [3.63, 3.8) is 0 Å². The number of nitrogens with zero attached hydrogens (tertiary/aromatic N) is 1. The van der Waals surface area contributed by atoms with E-state index < -0.39 is 0 Å². The molecule has 1 saturated heterocycles. The summed E-state index contributed by atoms with van der Waals surface area (Å²) < 4.78 is 0. The fourth-order valence-electron chi connectivity index (χ4n) is 2.87. The second kappa shape index (κ2) is 6.38. The van der Waals surface area contributed by atoms with Crippen LogP contribution >= 0.6 is 0 Å². The predicted molar refractivity (Wildman–Crippen MR) is 85.6 cm³/mol. The Labute approximate surface area is 131 Å². The summed E-state index contributed by atoms with van der Waals surface area (Å²) in [7, 11) is 0. The third-order valence-electron chi connectivity index (χ3n) is 4.46. The van der Waals surface area contributed by atoms with Crippen LogP contribution in [0.2, 0.25) is 0 Å². The second-order valence-corrected chi connectivity index (χ2v) is 6.27. The van der Waals surface area contributed by atoms with Crippen LogP contribution in [0.15, 0.2) is 24.3 Å². The van der Waals surface area contributed by atoms with Crippen LogP contribution in [0.25, 0.3) is 0 Å². The maximum absolute atomic E-state index is 11.8. The zero-order chi connectivity index (χ0) is 15.5. The average Bonchev–Trinajstić information content (AvgIpc) is 3.28. The quantitative estimate of drug-likeness (QED) is 0.877. The van der Waals surface area contributed by atoms with Crippen molar-refractivity contribution in [3.8, 4) is 0 Å². The number of hydrogen-bond acceptors (Lipinski definition) is 2. The molecule has 1 aromatic rings. The molecule has 3 amide bonds. The van der Waals surface area contributed by atoms with Gasteiger partial charge in [0.25, 0.3) is 0 Å². The van der Waals surface area contributed by atoms with E-state index in [2.05, 4.69) is 17.6 Å². The molecule has 1 heterocycles. The standard InChI is InChI=1S/C17H23N3O2/c1-12(14-6-7-14)19-17(22)18-11-13-4-8-15(9-5-13)20-10-2-3-16(20)21/h4-5,8-9,12,14H,2-3,6-7,10-11H2,1H3,(H2,18,19,22). The first-order valence-electron chi connectivity index (χ1n) is 8.07. The summed E-state index contributed by atoms with van der Waals surface area (Å²) in [6.07, 6.45) is 4.01. The van der Waals surface area contributed by atoms with Crippen LogP contribution in [0.4, 0.5) is 10.5 Å². The van der Waals surface area contributed by atoms with Gasteiger partial charge in [-0.1, -0.05) is 12.1 Å². The Hall–Kier alpha value is -2.04. The van der Waals surface area contributed by atoms with Gasteiger partial charge in [0.2, 0.25) is 5.91 Å². The number of rotatable bonds is 5. The molecule has 0 spiro atoms. The van der Waals surface area contributed by atoms with Gasteiger partial charge in [-0.15, -0.1) is 0 Å². The monoisotopic (exact) mass is 301 g/mol. The summed E-state index contributed by atoms with van der Waals surface area (Å²) in [6.45, 7) is 3.36. The molecule has 3 rings (SSSR count). The molecule has 0 aromatic heterocycles. The lowest BCUT2D eigenvalue weighted by Gasteiger charge is -2.16. The van der Waals surface area contributed by atoms with Gasteiger partial charge in [-0.3, -0.25) is 4.79 Å². The Kier molecular flexibility index (Phi) is 4.32. The first-order chi connectivity index (χ1) is 10.6. The van der Waals surface area contributed by atoms with E-state index in [9.17, 15) is 9.59 Å². The Morgan fingerprint density at radius 1 is 1.32 bits per heavy atom. The Morgan fingerprint density at radius 2 is 2.05 bits per heavy atom. The van der Waals surface area contributed by atoms with Gasteiger partial charge in [0, 0.05) is 31.2 Å². The molecule has 1 atom stereocenters. The molecular weight excluding hydrogens is 278 g/mol. The first-order valence-corrected chi connectivity index (χ1v) is 8.07. The van der Waals surface area contributed by atoms with E-state index in [1.807, 2.05) is 29.2 Å². The number of carbonyl (C=O) groups is 2. The summed E-state index contributed by atoms with van der Waals surface area (Å²) in [5.74, 6) is 0.849. The summed E-state index contributed by atoms with van der Waals surface area (Å²) in [6, 6.07) is 7.97. The van der Waals surface area contributed by atoms with Crippen LogP contribution in [0.1, 0.15) is 38.2 Å². The van der Waals surface area contributed by atoms with E-state index >= 15 is 0 Å². The molecule has 1 aliphatic carbocycles. The van der Waals surface area contributed by atoms with Gasteiger partial charge in [0.1, 0.15) is 0 Å².